The molecule has 0 aliphatic carbocycles. The lowest BCUT2D eigenvalue weighted by atomic mass is 10.1. The Morgan fingerprint density at radius 3 is 2.71 bits per heavy atom. The van der Waals surface area contributed by atoms with E-state index in [4.69, 9.17) is 4.74 Å². The van der Waals surface area contributed by atoms with Gasteiger partial charge in [0.15, 0.2) is 0 Å². The molecule has 0 unspecified atom stereocenters. The molecule has 24 heavy (non-hydrogen) atoms. The summed E-state index contributed by atoms with van der Waals surface area (Å²) >= 11 is 0. The van der Waals surface area contributed by atoms with E-state index in [1.165, 1.54) is 0 Å². The molecule has 0 saturated carbocycles. The number of anilines is 1. The molecule has 1 N–H and O–H groups in total. The number of benzene rings is 1. The maximum Gasteiger partial charge on any atom is 0.257 e. The fraction of sp³-hybridized carbons (Fsp3) is 0.211. The molecule has 0 aliphatic heterocycles. The van der Waals surface area contributed by atoms with E-state index in [0.29, 0.717) is 35.2 Å². The number of hydrogen-bond acceptors (Lipinski definition) is 4. The number of pyridine rings is 2. The summed E-state index contributed by atoms with van der Waals surface area (Å²) < 4.78 is 5.54. The summed E-state index contributed by atoms with van der Waals surface area (Å²) in [6, 6.07) is 12.9. The third-order valence-electron chi connectivity index (χ3n) is 3.44. The van der Waals surface area contributed by atoms with Gasteiger partial charge < -0.3 is 10.1 Å². The van der Waals surface area contributed by atoms with Gasteiger partial charge in [-0.15, -0.1) is 0 Å². The number of nitrogens with one attached hydrogen (secondary N) is 1. The van der Waals surface area contributed by atoms with Gasteiger partial charge in [-0.2, -0.15) is 0 Å². The van der Waals surface area contributed by atoms with Gasteiger partial charge in [-0.05, 0) is 24.1 Å². The molecule has 0 radical (unpaired) electrons. The summed E-state index contributed by atoms with van der Waals surface area (Å²) in [5.74, 6) is 0.774. The van der Waals surface area contributed by atoms with E-state index >= 15 is 0 Å². The van der Waals surface area contributed by atoms with Crippen LogP contribution < -0.4 is 10.1 Å². The second-order valence-electron chi connectivity index (χ2n) is 5.92. The first-order valence-electron chi connectivity index (χ1n) is 7.87. The summed E-state index contributed by atoms with van der Waals surface area (Å²) in [4.78, 5) is 21.0. The number of aromatic nitrogens is 2. The lowest BCUT2D eigenvalue weighted by molar-refractivity contribution is 0.102. The van der Waals surface area contributed by atoms with Crippen molar-refractivity contribution in [2.45, 2.75) is 13.8 Å². The van der Waals surface area contributed by atoms with Crippen LogP contribution in [0.5, 0.6) is 5.88 Å². The molecular formula is C19H19N3O2. The van der Waals surface area contributed by atoms with E-state index < -0.39 is 0 Å². The maximum absolute atomic E-state index is 12.5. The number of amides is 1. The zero-order valence-electron chi connectivity index (χ0n) is 13.7. The Morgan fingerprint density at radius 2 is 1.96 bits per heavy atom. The van der Waals surface area contributed by atoms with Crippen LogP contribution in [-0.4, -0.2) is 22.5 Å². The van der Waals surface area contributed by atoms with Gasteiger partial charge in [-0.25, -0.2) is 4.98 Å². The van der Waals surface area contributed by atoms with Crippen molar-refractivity contribution < 1.29 is 9.53 Å². The molecule has 5 nitrogen and oxygen atoms in total. The third-order valence-corrected chi connectivity index (χ3v) is 3.44. The molecule has 122 valence electrons. The first-order chi connectivity index (χ1) is 11.6. The highest BCUT2D eigenvalue weighted by molar-refractivity contribution is 6.11. The van der Waals surface area contributed by atoms with Crippen molar-refractivity contribution in [3.63, 3.8) is 0 Å². The van der Waals surface area contributed by atoms with Crippen molar-refractivity contribution in [2.24, 2.45) is 5.92 Å². The zero-order chi connectivity index (χ0) is 16.9. The summed E-state index contributed by atoms with van der Waals surface area (Å²) in [6.45, 7) is 4.76. The standard InChI is InChI=1S/C19H19N3O2/c1-13(2)12-24-17-9-8-15(11-21-17)22-19(23)16-7-3-5-14-6-4-10-20-18(14)16/h3-11,13H,12H2,1-2H3,(H,22,23). The normalized spacial score (nSPS) is 10.8. The SMILES string of the molecule is CC(C)COc1ccc(NC(=O)c2cccc3cccnc23)cn1. The predicted octanol–water partition coefficient (Wildman–Crippen LogP) is 3.92. The Balaban J connectivity index is 1.74. The monoisotopic (exact) mass is 321 g/mol. The number of hydrogen-bond donors (Lipinski definition) is 1. The molecule has 1 aromatic carbocycles. The van der Waals surface area contributed by atoms with Crippen molar-refractivity contribution in [3.8, 4) is 5.88 Å². The molecule has 1 amide bonds. The maximum atomic E-state index is 12.5. The van der Waals surface area contributed by atoms with Gasteiger partial charge in [-0.1, -0.05) is 32.0 Å². The fourth-order valence-corrected chi connectivity index (χ4v) is 2.28. The molecule has 3 rings (SSSR count). The smallest absolute Gasteiger partial charge is 0.257 e. The van der Waals surface area contributed by atoms with E-state index in [2.05, 4.69) is 29.1 Å². The molecule has 0 saturated heterocycles. The van der Waals surface area contributed by atoms with Gasteiger partial charge in [0.2, 0.25) is 5.88 Å². The Bertz CT molecular complexity index is 839. The van der Waals surface area contributed by atoms with Crippen LogP contribution in [0.3, 0.4) is 0 Å². The first kappa shape index (κ1) is 15.9. The number of ether oxygens (including phenoxy) is 1. The lowest BCUT2D eigenvalue weighted by Crippen LogP contribution is -2.13. The van der Waals surface area contributed by atoms with Crippen LogP contribution in [-0.2, 0) is 0 Å². The average Bonchev–Trinajstić information content (AvgIpc) is 2.60. The first-order valence-corrected chi connectivity index (χ1v) is 7.87. The molecule has 0 bridgehead atoms. The quantitative estimate of drug-likeness (QED) is 0.773. The Kier molecular flexibility index (Phi) is 4.70. The summed E-state index contributed by atoms with van der Waals surface area (Å²) in [6.07, 6.45) is 3.27. The minimum atomic E-state index is -0.211. The van der Waals surface area contributed by atoms with E-state index in [9.17, 15) is 4.79 Å². The highest BCUT2D eigenvalue weighted by Gasteiger charge is 2.11. The number of rotatable bonds is 5. The zero-order valence-corrected chi connectivity index (χ0v) is 13.7. The second kappa shape index (κ2) is 7.08. The van der Waals surface area contributed by atoms with Crippen LogP contribution in [0.1, 0.15) is 24.2 Å². The van der Waals surface area contributed by atoms with Crippen molar-refractivity contribution >= 4 is 22.5 Å². The van der Waals surface area contributed by atoms with Gasteiger partial charge >= 0.3 is 0 Å². The highest BCUT2D eigenvalue weighted by atomic mass is 16.5. The summed E-state index contributed by atoms with van der Waals surface area (Å²) in [5, 5.41) is 3.78. The fourth-order valence-electron chi connectivity index (χ4n) is 2.28. The predicted molar refractivity (Wildman–Crippen MR) is 94.3 cm³/mol. The molecule has 0 aliphatic rings. The number of carbonyl (C=O) groups excluding carboxylic acids is 1. The molecule has 5 heteroatoms. The number of carbonyl (C=O) groups is 1. The molecular weight excluding hydrogens is 302 g/mol. The minimum Gasteiger partial charge on any atom is -0.477 e. The third kappa shape index (κ3) is 3.68. The summed E-state index contributed by atoms with van der Waals surface area (Å²) in [7, 11) is 0. The number of fused-ring (bicyclic) bond motifs is 1. The number of nitrogens with zero attached hydrogens (tertiary/aromatic N) is 2. The minimum absolute atomic E-state index is 0.211. The largest absolute Gasteiger partial charge is 0.477 e. The molecule has 0 fully saturated rings. The van der Waals surface area contributed by atoms with Crippen molar-refractivity contribution in [2.75, 3.05) is 11.9 Å². The van der Waals surface area contributed by atoms with Crippen LogP contribution in [0.15, 0.2) is 54.9 Å². The Hall–Kier alpha value is -2.95. The van der Waals surface area contributed by atoms with E-state index in [0.717, 1.165) is 5.39 Å². The van der Waals surface area contributed by atoms with E-state index in [-0.39, 0.29) is 5.91 Å². The van der Waals surface area contributed by atoms with Gasteiger partial charge in [0.05, 0.1) is 29.6 Å². The van der Waals surface area contributed by atoms with Crippen LogP contribution in [0, 0.1) is 5.92 Å². The Morgan fingerprint density at radius 1 is 1.12 bits per heavy atom. The second-order valence-corrected chi connectivity index (χ2v) is 5.92. The topological polar surface area (TPSA) is 64.1 Å². The van der Waals surface area contributed by atoms with Crippen LogP contribution in [0.4, 0.5) is 5.69 Å². The van der Waals surface area contributed by atoms with Crippen molar-refractivity contribution in [1.29, 1.82) is 0 Å². The summed E-state index contributed by atoms with van der Waals surface area (Å²) in [5.41, 5.74) is 1.83. The molecule has 2 heterocycles. The van der Waals surface area contributed by atoms with Gasteiger partial charge in [0.25, 0.3) is 5.91 Å². The lowest BCUT2D eigenvalue weighted by Gasteiger charge is -2.09. The van der Waals surface area contributed by atoms with Gasteiger partial charge in [0, 0.05) is 17.6 Å². The molecule has 0 spiro atoms. The van der Waals surface area contributed by atoms with E-state index in [1.807, 2.05) is 24.3 Å². The Labute approximate surface area is 140 Å². The van der Waals surface area contributed by atoms with Crippen molar-refractivity contribution in [1.82, 2.24) is 9.97 Å². The van der Waals surface area contributed by atoms with Crippen molar-refractivity contribution in [3.05, 3.63) is 60.4 Å². The van der Waals surface area contributed by atoms with Crippen LogP contribution in [0.2, 0.25) is 0 Å². The molecule has 0 atom stereocenters. The molecule has 3 aromatic rings. The van der Waals surface area contributed by atoms with Gasteiger partial charge in [-0.3, -0.25) is 9.78 Å². The van der Waals surface area contributed by atoms with E-state index in [1.54, 1.807) is 30.6 Å². The van der Waals surface area contributed by atoms with Crippen LogP contribution >= 0.6 is 0 Å². The van der Waals surface area contributed by atoms with Gasteiger partial charge in [0.1, 0.15) is 0 Å². The molecule has 2 aromatic heterocycles. The number of para-hydroxylation sites is 1. The van der Waals surface area contributed by atoms with Crippen LogP contribution in [0.25, 0.3) is 10.9 Å². The average molecular weight is 321 g/mol. The highest BCUT2D eigenvalue weighted by Crippen LogP contribution is 2.18.